The summed E-state index contributed by atoms with van der Waals surface area (Å²) in [6, 6.07) is 3.16. The number of allylic oxidation sites excluding steroid dienone is 4. The quantitative estimate of drug-likeness (QED) is 0.0210. The Kier molecular flexibility index (Phi) is 47.6. The molecule has 0 fully saturated rings. The fraction of sp³-hybridized carbons (Fsp3) is 0.786. The molecule has 0 aliphatic carbocycles. The first-order valence-corrected chi connectivity index (χ1v) is 28.5. The Balaban J connectivity index is 0.0000410. The molecule has 370 valence electrons. The zero-order valence-electron chi connectivity index (χ0n) is 42.5. The summed E-state index contributed by atoms with van der Waals surface area (Å²) in [5.74, 6) is -1.54. The van der Waals surface area contributed by atoms with Gasteiger partial charge in [0, 0.05) is 0 Å². The summed E-state index contributed by atoms with van der Waals surface area (Å²) in [6.45, 7) is 4.90. The molecule has 0 spiro atoms. The predicted octanol–water partition coefficient (Wildman–Crippen LogP) is 14.7. The third-order valence-corrected chi connectivity index (χ3v) is 13.3. The molecule has 1 aromatic rings. The van der Waals surface area contributed by atoms with E-state index in [2.05, 4.69) is 38.2 Å². The standard InChI is InChI=1S/C56H98O7S.K/c1-3-5-7-9-11-13-15-17-19-21-23-25-27-29-31-33-35-37-39-41-43-45-49-62-55(57)53-48-47-52(64(59,60)61)51-54(53)56(58)63-50-46-44-42-40-38-36-34-32-30-28-26-24-22-20-18-16-14-12-10-8-6-4-2;/h15-18,47-48,51H,3-14,19-46,49-50H2,1-2H3,(H,59,60,61);/q;+1/p-1/b17-15+,18-16+;. The molecule has 0 bridgehead atoms. The molecule has 0 aromatic heterocycles. The number of hydrogen-bond donors (Lipinski definition) is 0. The molecule has 7 nitrogen and oxygen atoms in total. The number of hydrogen-bond acceptors (Lipinski definition) is 7. The van der Waals surface area contributed by atoms with E-state index in [-0.39, 0.29) is 75.7 Å². The zero-order chi connectivity index (χ0) is 46.4. The second-order valence-electron chi connectivity index (χ2n) is 18.6. The average Bonchev–Trinajstić information content (AvgIpc) is 3.28. The number of benzene rings is 1. The molecule has 1 rings (SSSR count). The van der Waals surface area contributed by atoms with E-state index in [1.54, 1.807) is 0 Å². The third kappa shape index (κ3) is 40.8. The summed E-state index contributed by atoms with van der Waals surface area (Å²) in [5.41, 5.74) is -0.329. The molecule has 0 atom stereocenters. The van der Waals surface area contributed by atoms with Crippen LogP contribution in [0.1, 0.15) is 291 Å². The van der Waals surface area contributed by atoms with Gasteiger partial charge in [-0.3, -0.25) is 0 Å². The second kappa shape index (κ2) is 48.2. The van der Waals surface area contributed by atoms with Gasteiger partial charge in [-0.15, -0.1) is 0 Å². The summed E-state index contributed by atoms with van der Waals surface area (Å²) in [5, 5.41) is 0. The normalized spacial score (nSPS) is 11.7. The van der Waals surface area contributed by atoms with Crippen molar-refractivity contribution in [2.75, 3.05) is 13.2 Å². The molecule has 9 heteroatoms. The first-order chi connectivity index (χ1) is 31.3. The summed E-state index contributed by atoms with van der Waals surface area (Å²) in [4.78, 5) is 25.4. The molecule has 0 heterocycles. The predicted molar refractivity (Wildman–Crippen MR) is 269 cm³/mol. The Morgan fingerprint density at radius 2 is 0.677 bits per heavy atom. The fourth-order valence-corrected chi connectivity index (χ4v) is 8.83. The number of ether oxygens (including phenoxy) is 2. The van der Waals surface area contributed by atoms with Crippen LogP contribution in [0.15, 0.2) is 47.4 Å². The maximum atomic E-state index is 13.0. The topological polar surface area (TPSA) is 110 Å². The number of unbranched alkanes of at least 4 members (excludes halogenated alkanes) is 36. The molecule has 0 aliphatic rings. The SMILES string of the molecule is CCCCCCC/C=C/CCCCCCCCCCCCCCCOC(=O)c1ccc(S(=O)(=O)[O-])cc1C(=O)OCCCCCCCCCCCCCCC/C=C/CCCCCCC.[K+]. The summed E-state index contributed by atoms with van der Waals surface area (Å²) >= 11 is 0. The second-order valence-corrected chi connectivity index (χ2v) is 19.9. The Labute approximate surface area is 443 Å². The summed E-state index contributed by atoms with van der Waals surface area (Å²) < 4.78 is 46.0. The van der Waals surface area contributed by atoms with Gasteiger partial charge >= 0.3 is 63.3 Å². The van der Waals surface area contributed by atoms with Gasteiger partial charge in [-0.25, -0.2) is 18.0 Å². The van der Waals surface area contributed by atoms with Crippen molar-refractivity contribution < 1.29 is 83.4 Å². The van der Waals surface area contributed by atoms with Gasteiger partial charge in [0.1, 0.15) is 10.1 Å². The van der Waals surface area contributed by atoms with Crippen LogP contribution in [0.5, 0.6) is 0 Å². The number of esters is 2. The van der Waals surface area contributed by atoms with Crippen LogP contribution in [-0.4, -0.2) is 38.1 Å². The van der Waals surface area contributed by atoms with E-state index in [0.29, 0.717) is 12.8 Å². The van der Waals surface area contributed by atoms with Gasteiger partial charge in [0.15, 0.2) is 0 Å². The van der Waals surface area contributed by atoms with Crippen LogP contribution in [0.25, 0.3) is 0 Å². The maximum absolute atomic E-state index is 13.0. The molecule has 0 N–H and O–H groups in total. The van der Waals surface area contributed by atoms with E-state index in [0.717, 1.165) is 44.2 Å². The summed E-state index contributed by atoms with van der Waals surface area (Å²) in [7, 11) is -4.82. The molecule has 0 aliphatic heterocycles. The van der Waals surface area contributed by atoms with Crippen molar-refractivity contribution in [1.82, 2.24) is 0 Å². The van der Waals surface area contributed by atoms with Crippen molar-refractivity contribution >= 4 is 22.1 Å². The van der Waals surface area contributed by atoms with E-state index < -0.39 is 27.0 Å². The molecule has 0 unspecified atom stereocenters. The smallest absolute Gasteiger partial charge is 0.744 e. The molecular formula is C56H97KO7S. The van der Waals surface area contributed by atoms with Crippen molar-refractivity contribution in [3.8, 4) is 0 Å². The molecule has 1 aromatic carbocycles. The first-order valence-electron chi connectivity index (χ1n) is 27.0. The van der Waals surface area contributed by atoms with E-state index in [1.807, 2.05) is 0 Å². The van der Waals surface area contributed by atoms with Crippen LogP contribution < -0.4 is 51.4 Å². The zero-order valence-corrected chi connectivity index (χ0v) is 46.4. The molecule has 0 radical (unpaired) electrons. The molecule has 0 saturated heterocycles. The van der Waals surface area contributed by atoms with Gasteiger partial charge in [-0.05, 0) is 82.4 Å². The van der Waals surface area contributed by atoms with Crippen LogP contribution in [0.3, 0.4) is 0 Å². The van der Waals surface area contributed by atoms with Crippen molar-refractivity contribution in [3.63, 3.8) is 0 Å². The van der Waals surface area contributed by atoms with Gasteiger partial charge in [0.05, 0.1) is 29.2 Å². The fourth-order valence-electron chi connectivity index (χ4n) is 8.33. The van der Waals surface area contributed by atoms with E-state index in [9.17, 15) is 22.6 Å². The molecular weight excluding hydrogens is 856 g/mol. The molecule has 0 saturated carbocycles. The van der Waals surface area contributed by atoms with E-state index >= 15 is 0 Å². The first kappa shape index (κ1) is 64.2. The van der Waals surface area contributed by atoms with E-state index in [4.69, 9.17) is 9.47 Å². The molecule has 0 amide bonds. The Morgan fingerprint density at radius 1 is 0.415 bits per heavy atom. The number of carbonyl (C=O) groups is 2. The van der Waals surface area contributed by atoms with Crippen molar-refractivity contribution in [3.05, 3.63) is 53.6 Å². The van der Waals surface area contributed by atoms with Crippen LogP contribution in [0.2, 0.25) is 0 Å². The van der Waals surface area contributed by atoms with Crippen molar-refractivity contribution in [2.45, 2.75) is 276 Å². The van der Waals surface area contributed by atoms with Gasteiger partial charge in [0.25, 0.3) is 0 Å². The van der Waals surface area contributed by atoms with Gasteiger partial charge in [0.2, 0.25) is 0 Å². The average molecular weight is 954 g/mol. The van der Waals surface area contributed by atoms with E-state index in [1.165, 1.54) is 218 Å². The molecule has 65 heavy (non-hydrogen) atoms. The number of rotatable bonds is 47. The number of carbonyl (C=O) groups excluding carboxylic acids is 2. The van der Waals surface area contributed by atoms with Gasteiger partial charge in [-0.2, -0.15) is 0 Å². The van der Waals surface area contributed by atoms with Crippen LogP contribution in [0, 0.1) is 0 Å². The Bertz CT molecular complexity index is 1410. The minimum atomic E-state index is -4.82. The van der Waals surface area contributed by atoms with Gasteiger partial charge < -0.3 is 14.0 Å². The van der Waals surface area contributed by atoms with Crippen LogP contribution in [0.4, 0.5) is 0 Å². The minimum Gasteiger partial charge on any atom is -0.744 e. The monoisotopic (exact) mass is 953 g/mol. The van der Waals surface area contributed by atoms with Crippen molar-refractivity contribution in [1.29, 1.82) is 0 Å². The Hall–Kier alpha value is -0.814. The van der Waals surface area contributed by atoms with Gasteiger partial charge in [-0.1, -0.05) is 231 Å². The van der Waals surface area contributed by atoms with Crippen LogP contribution in [-0.2, 0) is 19.6 Å². The summed E-state index contributed by atoms with van der Waals surface area (Å²) in [6.07, 6.45) is 59.4. The minimum absolute atomic E-state index is 0. The maximum Gasteiger partial charge on any atom is 1.00 e. The van der Waals surface area contributed by atoms with Crippen LogP contribution >= 0.6 is 0 Å². The largest absolute Gasteiger partial charge is 1.00 e. The Morgan fingerprint density at radius 3 is 0.969 bits per heavy atom. The van der Waals surface area contributed by atoms with Crippen molar-refractivity contribution in [2.24, 2.45) is 0 Å². The third-order valence-electron chi connectivity index (χ3n) is 12.5.